The zero-order chi connectivity index (χ0) is 21.1. The van der Waals surface area contributed by atoms with E-state index in [9.17, 15) is 9.90 Å². The molecule has 6 nitrogen and oxygen atoms in total. The van der Waals surface area contributed by atoms with Gasteiger partial charge in [0.15, 0.2) is 5.78 Å². The summed E-state index contributed by atoms with van der Waals surface area (Å²) in [6.45, 7) is 5.40. The van der Waals surface area contributed by atoms with Crippen LogP contribution in [0.5, 0.6) is 0 Å². The second kappa shape index (κ2) is 7.27. The summed E-state index contributed by atoms with van der Waals surface area (Å²) >= 11 is 0. The van der Waals surface area contributed by atoms with Crippen LogP contribution >= 0.6 is 0 Å². The highest BCUT2D eigenvalue weighted by Crippen LogP contribution is 2.68. The Hall–Kier alpha value is -1.53. The van der Waals surface area contributed by atoms with E-state index in [1.165, 1.54) is 5.57 Å². The number of aromatic nitrogens is 3. The van der Waals surface area contributed by atoms with Crippen LogP contribution in [0, 0.1) is 35.0 Å². The predicted octanol–water partition coefficient (Wildman–Crippen LogP) is 3.24. The van der Waals surface area contributed by atoms with Gasteiger partial charge in [-0.05, 0) is 80.6 Å². The van der Waals surface area contributed by atoms with E-state index in [1.54, 1.807) is 4.68 Å². The second-order valence-electron chi connectivity index (χ2n) is 10.7. The van der Waals surface area contributed by atoms with Gasteiger partial charge < -0.3 is 10.2 Å². The van der Waals surface area contributed by atoms with Gasteiger partial charge in [-0.25, -0.2) is 0 Å². The lowest BCUT2D eigenvalue weighted by atomic mass is 9.48. The van der Waals surface area contributed by atoms with E-state index < -0.39 is 5.60 Å². The molecule has 6 heteroatoms. The van der Waals surface area contributed by atoms with Gasteiger partial charge in [-0.15, -0.1) is 5.10 Å². The number of aliphatic hydroxyl groups excluding tert-OH is 1. The van der Waals surface area contributed by atoms with Gasteiger partial charge in [-0.1, -0.05) is 24.6 Å². The molecule has 0 aromatic carbocycles. The van der Waals surface area contributed by atoms with Gasteiger partial charge in [0.2, 0.25) is 0 Å². The quantitative estimate of drug-likeness (QED) is 0.791. The van der Waals surface area contributed by atoms with Crippen molar-refractivity contribution in [1.29, 1.82) is 0 Å². The number of hydrogen-bond donors (Lipinski definition) is 2. The molecule has 0 saturated heterocycles. The molecule has 164 valence electrons. The fourth-order valence-corrected chi connectivity index (χ4v) is 7.86. The van der Waals surface area contributed by atoms with Crippen molar-refractivity contribution in [3.8, 4) is 0 Å². The van der Waals surface area contributed by atoms with Gasteiger partial charge in [0.1, 0.15) is 11.3 Å². The first-order chi connectivity index (χ1) is 14.4. The third-order valence-corrected chi connectivity index (χ3v) is 9.30. The monoisotopic (exact) mass is 413 g/mol. The van der Waals surface area contributed by atoms with Gasteiger partial charge in [0.25, 0.3) is 0 Å². The number of carbonyl (C=O) groups excluding carboxylic acids is 1. The summed E-state index contributed by atoms with van der Waals surface area (Å²) in [6, 6.07) is 0. The minimum atomic E-state index is -0.932. The maximum atomic E-state index is 12.0. The van der Waals surface area contributed by atoms with Crippen LogP contribution in [0.15, 0.2) is 17.8 Å². The zero-order valence-electron chi connectivity index (χ0n) is 18.3. The number of aliphatic hydroxyl groups is 2. The van der Waals surface area contributed by atoms with Gasteiger partial charge in [-0.3, -0.25) is 9.48 Å². The Kier molecular flexibility index (Phi) is 4.93. The van der Waals surface area contributed by atoms with E-state index in [-0.39, 0.29) is 12.0 Å². The Labute approximate surface area is 178 Å². The summed E-state index contributed by atoms with van der Waals surface area (Å²) in [7, 11) is 0. The molecule has 3 saturated carbocycles. The lowest BCUT2D eigenvalue weighted by Gasteiger charge is -2.57. The topological polar surface area (TPSA) is 88.2 Å². The Bertz CT molecular complexity index is 864. The average molecular weight is 414 g/mol. The lowest BCUT2D eigenvalue weighted by molar-refractivity contribution is -0.134. The van der Waals surface area contributed by atoms with Crippen LogP contribution < -0.4 is 0 Å². The first kappa shape index (κ1) is 20.4. The molecular weight excluding hydrogens is 378 g/mol. The number of aryl methyl sites for hydroxylation is 1. The van der Waals surface area contributed by atoms with E-state index in [1.807, 2.05) is 12.3 Å². The second-order valence-corrected chi connectivity index (χ2v) is 10.7. The average Bonchev–Trinajstić information content (AvgIpc) is 3.30. The molecule has 0 radical (unpaired) electrons. The Morgan fingerprint density at radius 1 is 1.27 bits per heavy atom. The standard InChI is InChI=1S/C24H35N3O3/c1-15-12-16-13-17(29)4-5-18(16)19-6-8-23(2)20(22(15)19)7-9-24(23,30)21-14-27(26-25-21)10-3-11-28/h13-15,18-20,22,28,30H,3-12H2,1-2H3/t15?,18?,19?,20?,22?,23-,24+/m0/s1. The van der Waals surface area contributed by atoms with E-state index >= 15 is 0 Å². The number of ketones is 1. The molecule has 5 rings (SSSR count). The molecule has 7 atom stereocenters. The van der Waals surface area contributed by atoms with Crippen LogP contribution in [0.3, 0.4) is 0 Å². The fourth-order valence-electron chi connectivity index (χ4n) is 7.86. The molecule has 2 N–H and O–H groups in total. The summed E-state index contributed by atoms with van der Waals surface area (Å²) in [6.07, 6.45) is 11.2. The maximum Gasteiger partial charge on any atom is 0.155 e. The summed E-state index contributed by atoms with van der Waals surface area (Å²) < 4.78 is 1.76. The van der Waals surface area contributed by atoms with E-state index in [0.717, 1.165) is 38.5 Å². The molecule has 0 amide bonds. The van der Waals surface area contributed by atoms with Crippen molar-refractivity contribution in [1.82, 2.24) is 15.0 Å². The van der Waals surface area contributed by atoms with Crippen LogP contribution in [-0.2, 0) is 16.9 Å². The first-order valence-corrected chi connectivity index (χ1v) is 11.8. The molecule has 1 aromatic rings. The lowest BCUT2D eigenvalue weighted by Crippen LogP contribution is -2.53. The molecule has 4 aliphatic rings. The van der Waals surface area contributed by atoms with Crippen molar-refractivity contribution >= 4 is 5.78 Å². The Morgan fingerprint density at radius 2 is 2.10 bits per heavy atom. The van der Waals surface area contributed by atoms with Gasteiger partial charge in [-0.2, -0.15) is 0 Å². The van der Waals surface area contributed by atoms with Crippen molar-refractivity contribution < 1.29 is 15.0 Å². The molecular formula is C24H35N3O3. The maximum absolute atomic E-state index is 12.0. The summed E-state index contributed by atoms with van der Waals surface area (Å²) in [4.78, 5) is 12.0. The minimum Gasteiger partial charge on any atom is -0.396 e. The van der Waals surface area contributed by atoms with E-state index in [0.29, 0.717) is 60.5 Å². The summed E-state index contributed by atoms with van der Waals surface area (Å²) in [5.41, 5.74) is 0.990. The van der Waals surface area contributed by atoms with Crippen LogP contribution in [0.1, 0.15) is 70.9 Å². The van der Waals surface area contributed by atoms with Crippen molar-refractivity contribution in [3.63, 3.8) is 0 Å². The first-order valence-electron chi connectivity index (χ1n) is 11.8. The van der Waals surface area contributed by atoms with Crippen LogP contribution in [0.4, 0.5) is 0 Å². The molecule has 0 aliphatic heterocycles. The van der Waals surface area contributed by atoms with E-state index in [4.69, 9.17) is 5.11 Å². The Morgan fingerprint density at radius 3 is 2.90 bits per heavy atom. The predicted molar refractivity (Wildman–Crippen MR) is 112 cm³/mol. The van der Waals surface area contributed by atoms with Crippen LogP contribution in [0.25, 0.3) is 0 Å². The highest BCUT2D eigenvalue weighted by molar-refractivity contribution is 5.91. The normalized spacial score (nSPS) is 43.0. The zero-order valence-corrected chi connectivity index (χ0v) is 18.3. The summed E-state index contributed by atoms with van der Waals surface area (Å²) in [5.74, 6) is 3.17. The molecule has 30 heavy (non-hydrogen) atoms. The molecule has 3 fully saturated rings. The van der Waals surface area contributed by atoms with Crippen molar-refractivity contribution in [2.75, 3.05) is 6.61 Å². The van der Waals surface area contributed by atoms with Crippen molar-refractivity contribution in [2.24, 2.45) is 35.0 Å². The van der Waals surface area contributed by atoms with Crippen LogP contribution in [0.2, 0.25) is 0 Å². The molecule has 1 heterocycles. The molecule has 4 aliphatic carbocycles. The third-order valence-electron chi connectivity index (χ3n) is 9.30. The van der Waals surface area contributed by atoms with Gasteiger partial charge in [0.05, 0.1) is 6.20 Å². The Balaban J connectivity index is 1.44. The SMILES string of the molecule is CC1CC2=CC(=O)CCC2C2CC[C@@]3(C)C(CC[C@@]3(O)c3cn(CCCO)nn3)C12. The number of fused-ring (bicyclic) bond motifs is 5. The number of hydrogen-bond acceptors (Lipinski definition) is 5. The van der Waals surface area contributed by atoms with E-state index in [2.05, 4.69) is 24.2 Å². The van der Waals surface area contributed by atoms with Gasteiger partial charge >= 0.3 is 0 Å². The third kappa shape index (κ3) is 2.86. The van der Waals surface area contributed by atoms with Crippen LogP contribution in [-0.4, -0.2) is 37.6 Å². The molecule has 1 aromatic heterocycles. The van der Waals surface area contributed by atoms with Crippen molar-refractivity contribution in [3.05, 3.63) is 23.5 Å². The van der Waals surface area contributed by atoms with Gasteiger partial charge in [0, 0.05) is 25.0 Å². The highest BCUT2D eigenvalue weighted by atomic mass is 16.3. The highest BCUT2D eigenvalue weighted by Gasteiger charge is 2.64. The number of carbonyl (C=O) groups is 1. The molecule has 5 unspecified atom stereocenters. The largest absolute Gasteiger partial charge is 0.396 e. The number of rotatable bonds is 4. The number of allylic oxidation sites excluding steroid dienone is 1. The minimum absolute atomic E-state index is 0.128. The molecule has 0 spiro atoms. The molecule has 0 bridgehead atoms. The fraction of sp³-hybridized carbons (Fsp3) is 0.792. The smallest absolute Gasteiger partial charge is 0.155 e. The number of nitrogens with zero attached hydrogens (tertiary/aromatic N) is 3. The van der Waals surface area contributed by atoms with Crippen molar-refractivity contribution in [2.45, 2.75) is 77.4 Å². The summed E-state index contributed by atoms with van der Waals surface area (Å²) in [5, 5.41) is 29.7.